The van der Waals surface area contributed by atoms with Gasteiger partial charge in [0, 0.05) is 17.7 Å². The molecule has 1 aliphatic carbocycles. The number of ether oxygens (including phenoxy) is 1. The summed E-state index contributed by atoms with van der Waals surface area (Å²) in [5.74, 6) is -2.43. The first-order chi connectivity index (χ1) is 9.49. The number of benzene rings is 1. The molecule has 1 aliphatic rings. The summed E-state index contributed by atoms with van der Waals surface area (Å²) in [6.07, 6.45) is 1.89. The zero-order valence-corrected chi connectivity index (χ0v) is 11.0. The molecule has 0 spiro atoms. The van der Waals surface area contributed by atoms with Crippen molar-refractivity contribution in [3.63, 3.8) is 0 Å². The van der Waals surface area contributed by atoms with Gasteiger partial charge in [0.25, 0.3) is 5.91 Å². The fourth-order valence-corrected chi connectivity index (χ4v) is 2.03. The lowest BCUT2D eigenvalue weighted by Crippen LogP contribution is -2.38. The van der Waals surface area contributed by atoms with E-state index in [0.717, 1.165) is 25.0 Å². The monoisotopic (exact) mass is 283 g/mol. The number of esters is 1. The van der Waals surface area contributed by atoms with Crippen LogP contribution in [-0.4, -0.2) is 25.0 Å². The van der Waals surface area contributed by atoms with Crippen LogP contribution in [0.15, 0.2) is 18.2 Å². The lowest BCUT2D eigenvalue weighted by molar-refractivity contribution is -0.141. The summed E-state index contributed by atoms with van der Waals surface area (Å²) < 4.78 is 30.7. The van der Waals surface area contributed by atoms with Gasteiger partial charge in [0.2, 0.25) is 0 Å². The fraction of sp³-hybridized carbons (Fsp3) is 0.429. The Morgan fingerprint density at radius 1 is 1.30 bits per heavy atom. The van der Waals surface area contributed by atoms with Crippen LogP contribution in [0, 0.1) is 17.6 Å². The topological polar surface area (TPSA) is 55.4 Å². The molecule has 0 unspecified atom stereocenters. The van der Waals surface area contributed by atoms with Crippen LogP contribution in [0.5, 0.6) is 0 Å². The minimum absolute atomic E-state index is 0.0602. The molecule has 1 amide bonds. The number of amides is 1. The smallest absolute Gasteiger partial charge is 0.307 e. The van der Waals surface area contributed by atoms with Gasteiger partial charge in [-0.25, -0.2) is 8.78 Å². The van der Waals surface area contributed by atoms with Crippen molar-refractivity contribution in [3.8, 4) is 0 Å². The molecule has 0 aliphatic heterocycles. The SMILES string of the molecule is COC(=O)C[C@@H](NC(=O)c1cc(F)cc(F)c1)C1CC1. The van der Waals surface area contributed by atoms with Gasteiger partial charge in [0.15, 0.2) is 0 Å². The normalized spacial score (nSPS) is 15.6. The minimum atomic E-state index is -0.814. The lowest BCUT2D eigenvalue weighted by Gasteiger charge is -2.17. The Bertz CT molecular complexity index is 509. The van der Waals surface area contributed by atoms with Crippen LogP contribution in [0.3, 0.4) is 0 Å². The average molecular weight is 283 g/mol. The van der Waals surface area contributed by atoms with E-state index in [2.05, 4.69) is 10.1 Å². The second-order valence-electron chi connectivity index (χ2n) is 4.86. The van der Waals surface area contributed by atoms with E-state index in [1.54, 1.807) is 0 Å². The van der Waals surface area contributed by atoms with E-state index in [9.17, 15) is 18.4 Å². The van der Waals surface area contributed by atoms with Crippen LogP contribution in [0.2, 0.25) is 0 Å². The molecule has 0 radical (unpaired) electrons. The van der Waals surface area contributed by atoms with Gasteiger partial charge < -0.3 is 10.1 Å². The Morgan fingerprint density at radius 2 is 1.90 bits per heavy atom. The summed E-state index contributed by atoms with van der Waals surface area (Å²) in [6.45, 7) is 0. The molecule has 0 heterocycles. The zero-order valence-electron chi connectivity index (χ0n) is 11.0. The molecule has 108 valence electrons. The van der Waals surface area contributed by atoms with Crippen molar-refractivity contribution < 1.29 is 23.1 Å². The van der Waals surface area contributed by atoms with Crippen molar-refractivity contribution in [2.75, 3.05) is 7.11 Å². The van der Waals surface area contributed by atoms with Gasteiger partial charge >= 0.3 is 5.97 Å². The Hall–Kier alpha value is -1.98. The summed E-state index contributed by atoms with van der Waals surface area (Å²) in [5.41, 5.74) is -0.0991. The van der Waals surface area contributed by atoms with Gasteiger partial charge in [-0.15, -0.1) is 0 Å². The number of carbonyl (C=O) groups is 2. The Balaban J connectivity index is 2.05. The van der Waals surface area contributed by atoms with Crippen molar-refractivity contribution in [1.29, 1.82) is 0 Å². The Morgan fingerprint density at radius 3 is 2.40 bits per heavy atom. The van der Waals surface area contributed by atoms with E-state index in [0.29, 0.717) is 6.07 Å². The number of carbonyl (C=O) groups excluding carboxylic acids is 2. The van der Waals surface area contributed by atoms with Crippen molar-refractivity contribution in [1.82, 2.24) is 5.32 Å². The molecule has 0 bridgehead atoms. The third kappa shape index (κ3) is 3.76. The van der Waals surface area contributed by atoms with Gasteiger partial charge in [-0.05, 0) is 30.9 Å². The maximum Gasteiger partial charge on any atom is 0.307 e. The maximum atomic E-state index is 13.1. The first kappa shape index (κ1) is 14.4. The third-order valence-corrected chi connectivity index (χ3v) is 3.25. The highest BCUT2D eigenvalue weighted by molar-refractivity contribution is 5.94. The van der Waals surface area contributed by atoms with Crippen LogP contribution < -0.4 is 5.32 Å². The molecule has 4 nitrogen and oxygen atoms in total. The predicted molar refractivity (Wildman–Crippen MR) is 67.0 cm³/mol. The second-order valence-corrected chi connectivity index (χ2v) is 4.86. The Labute approximate surface area is 115 Å². The maximum absolute atomic E-state index is 13.1. The molecule has 6 heteroatoms. The molecule has 2 rings (SSSR count). The molecule has 1 aromatic rings. The van der Waals surface area contributed by atoms with E-state index in [1.165, 1.54) is 7.11 Å². The summed E-state index contributed by atoms with van der Waals surface area (Å²) in [4.78, 5) is 23.3. The van der Waals surface area contributed by atoms with Gasteiger partial charge in [-0.1, -0.05) is 0 Å². The number of halogens is 2. The van der Waals surface area contributed by atoms with Crippen molar-refractivity contribution in [3.05, 3.63) is 35.4 Å². The van der Waals surface area contributed by atoms with Crippen LogP contribution >= 0.6 is 0 Å². The summed E-state index contributed by atoms with van der Waals surface area (Å²) >= 11 is 0. The van der Waals surface area contributed by atoms with Crippen LogP contribution in [-0.2, 0) is 9.53 Å². The number of hydrogen-bond donors (Lipinski definition) is 1. The van der Waals surface area contributed by atoms with Crippen molar-refractivity contribution in [2.45, 2.75) is 25.3 Å². The largest absolute Gasteiger partial charge is 0.469 e. The van der Waals surface area contributed by atoms with E-state index < -0.39 is 23.5 Å². The molecule has 20 heavy (non-hydrogen) atoms. The van der Waals surface area contributed by atoms with Crippen molar-refractivity contribution >= 4 is 11.9 Å². The summed E-state index contributed by atoms with van der Waals surface area (Å²) in [6, 6.07) is 2.26. The first-order valence-corrected chi connectivity index (χ1v) is 6.33. The number of methoxy groups -OCH3 is 1. The fourth-order valence-electron chi connectivity index (χ4n) is 2.03. The highest BCUT2D eigenvalue weighted by Gasteiger charge is 2.34. The number of nitrogens with one attached hydrogen (secondary N) is 1. The van der Waals surface area contributed by atoms with Gasteiger partial charge in [-0.2, -0.15) is 0 Å². The Kier molecular flexibility index (Phi) is 4.32. The van der Waals surface area contributed by atoms with E-state index >= 15 is 0 Å². The van der Waals surface area contributed by atoms with Crippen LogP contribution in [0.1, 0.15) is 29.6 Å². The molecule has 0 saturated heterocycles. The summed E-state index contributed by atoms with van der Waals surface area (Å²) in [5, 5.41) is 2.64. The second kappa shape index (κ2) is 5.98. The molecule has 0 aromatic heterocycles. The number of hydrogen-bond acceptors (Lipinski definition) is 3. The van der Waals surface area contributed by atoms with Crippen LogP contribution in [0.25, 0.3) is 0 Å². The first-order valence-electron chi connectivity index (χ1n) is 6.33. The van der Waals surface area contributed by atoms with E-state index in [4.69, 9.17) is 0 Å². The van der Waals surface area contributed by atoms with Gasteiger partial charge in [-0.3, -0.25) is 9.59 Å². The highest BCUT2D eigenvalue weighted by Crippen LogP contribution is 2.34. The van der Waals surface area contributed by atoms with Crippen LogP contribution in [0.4, 0.5) is 8.78 Å². The number of rotatable bonds is 5. The standard InChI is InChI=1S/C14H15F2NO3/c1-20-13(18)7-12(8-2-3-8)17-14(19)9-4-10(15)6-11(16)5-9/h4-6,8,12H,2-3,7H2,1H3,(H,17,19)/t12-/m1/s1. The zero-order chi connectivity index (χ0) is 14.7. The third-order valence-electron chi connectivity index (χ3n) is 3.25. The van der Waals surface area contributed by atoms with Gasteiger partial charge in [0.05, 0.1) is 13.5 Å². The molecule has 1 atom stereocenters. The average Bonchev–Trinajstić information content (AvgIpc) is 3.20. The summed E-state index contributed by atoms with van der Waals surface area (Å²) in [7, 11) is 1.27. The van der Waals surface area contributed by atoms with E-state index in [-0.39, 0.29) is 23.9 Å². The molecule has 1 saturated carbocycles. The lowest BCUT2D eigenvalue weighted by atomic mass is 10.1. The predicted octanol–water partition coefficient (Wildman–Crippen LogP) is 2.04. The highest BCUT2D eigenvalue weighted by atomic mass is 19.1. The van der Waals surface area contributed by atoms with Gasteiger partial charge in [0.1, 0.15) is 11.6 Å². The molecular formula is C14H15F2NO3. The molecule has 1 fully saturated rings. The van der Waals surface area contributed by atoms with E-state index in [1.807, 2.05) is 0 Å². The quantitative estimate of drug-likeness (QED) is 0.841. The molecule has 1 N–H and O–H groups in total. The molecule has 1 aromatic carbocycles. The van der Waals surface area contributed by atoms with Crippen molar-refractivity contribution in [2.24, 2.45) is 5.92 Å². The minimum Gasteiger partial charge on any atom is -0.469 e. The molecular weight excluding hydrogens is 268 g/mol.